The van der Waals surface area contributed by atoms with Crippen molar-refractivity contribution >= 4 is 17.7 Å². The number of aromatic nitrogens is 4. The maximum atomic E-state index is 13.8. The Kier molecular flexibility index (Phi) is 8.28. The van der Waals surface area contributed by atoms with Crippen LogP contribution in [0.3, 0.4) is 0 Å². The van der Waals surface area contributed by atoms with Crippen LogP contribution in [0.25, 0.3) is 11.4 Å². The van der Waals surface area contributed by atoms with Crippen molar-refractivity contribution in [2.75, 3.05) is 54.9 Å². The molecule has 1 unspecified atom stereocenters. The minimum atomic E-state index is -4.63. The molecule has 182 valence electrons. The number of halogens is 3. The maximum Gasteiger partial charge on any atom is 0.417 e. The second-order valence-electron chi connectivity index (χ2n) is 8.30. The van der Waals surface area contributed by atoms with Crippen LogP contribution in [0.2, 0.25) is 0 Å². The molecule has 0 amide bonds. The fourth-order valence-electron chi connectivity index (χ4n) is 3.57. The van der Waals surface area contributed by atoms with Gasteiger partial charge in [-0.3, -0.25) is 0 Å². The predicted molar refractivity (Wildman–Crippen MR) is 122 cm³/mol. The molecule has 1 atom stereocenters. The minimum Gasteiger partial charge on any atom is -0.384 e. The zero-order chi connectivity index (χ0) is 24.0. The average Bonchev–Trinajstić information content (AvgIpc) is 2.81. The molecule has 8 nitrogen and oxygen atoms in total. The van der Waals surface area contributed by atoms with Crippen molar-refractivity contribution in [1.82, 2.24) is 19.9 Å². The molecular weight excluding hydrogens is 435 g/mol. The van der Waals surface area contributed by atoms with Gasteiger partial charge in [0.1, 0.15) is 5.82 Å². The van der Waals surface area contributed by atoms with Gasteiger partial charge in [0.15, 0.2) is 5.82 Å². The Hall–Kier alpha value is -2.69. The van der Waals surface area contributed by atoms with Gasteiger partial charge in [0, 0.05) is 32.4 Å². The number of hydrogen-bond acceptors (Lipinski definition) is 8. The Morgan fingerprint density at radius 2 is 1.88 bits per heavy atom. The lowest BCUT2D eigenvalue weighted by atomic mass is 10.1. The number of rotatable bonds is 9. The van der Waals surface area contributed by atoms with E-state index in [4.69, 9.17) is 10.5 Å². The molecular formula is C22H32F3N7O. The Bertz CT molecular complexity index is 919. The largest absolute Gasteiger partial charge is 0.417 e. The zero-order valence-electron chi connectivity index (χ0n) is 19.4. The van der Waals surface area contributed by atoms with Crippen LogP contribution in [0.5, 0.6) is 0 Å². The lowest BCUT2D eigenvalue weighted by Gasteiger charge is -2.29. The lowest BCUT2D eigenvalue weighted by Crippen LogP contribution is -2.38. The number of morpholine rings is 1. The summed E-state index contributed by atoms with van der Waals surface area (Å²) < 4.78 is 46.8. The molecule has 0 radical (unpaired) electrons. The molecule has 1 saturated heterocycles. The van der Waals surface area contributed by atoms with E-state index in [-0.39, 0.29) is 17.2 Å². The van der Waals surface area contributed by atoms with E-state index in [1.807, 2.05) is 16.7 Å². The summed E-state index contributed by atoms with van der Waals surface area (Å²) in [5.41, 5.74) is 4.42. The van der Waals surface area contributed by atoms with Crippen LogP contribution >= 0.6 is 0 Å². The molecule has 0 spiro atoms. The highest BCUT2D eigenvalue weighted by Gasteiger charge is 2.35. The highest BCUT2D eigenvalue weighted by molar-refractivity contribution is 5.64. The summed E-state index contributed by atoms with van der Waals surface area (Å²) in [6.45, 7) is 9.87. The fourth-order valence-corrected chi connectivity index (χ4v) is 3.57. The first-order valence-corrected chi connectivity index (χ1v) is 11.4. The predicted octanol–water partition coefficient (Wildman–Crippen LogP) is 4.02. The second kappa shape index (κ2) is 11.0. The Morgan fingerprint density at radius 1 is 1.15 bits per heavy atom. The second-order valence-corrected chi connectivity index (χ2v) is 8.30. The van der Waals surface area contributed by atoms with Crippen LogP contribution in [-0.2, 0) is 10.9 Å². The molecule has 1 aliphatic rings. The number of nitrogens with two attached hydrogens (primary N) is 1. The van der Waals surface area contributed by atoms with E-state index >= 15 is 0 Å². The van der Waals surface area contributed by atoms with Gasteiger partial charge in [-0.2, -0.15) is 28.1 Å². The van der Waals surface area contributed by atoms with Crippen LogP contribution in [0.1, 0.15) is 45.6 Å². The molecule has 0 saturated carbocycles. The third kappa shape index (κ3) is 6.43. The SMILES string of the molecule is CCCN(CCC(C)CC)c1nc(-c2cnc(N)cc2C(F)(F)F)nc(N2CCOCC2)n1. The molecule has 3 rings (SSSR count). The quantitative estimate of drug-likeness (QED) is 0.591. The van der Waals surface area contributed by atoms with Gasteiger partial charge in [-0.15, -0.1) is 0 Å². The van der Waals surface area contributed by atoms with Crippen LogP contribution in [0, 0.1) is 5.92 Å². The molecule has 0 aromatic carbocycles. The number of alkyl halides is 3. The van der Waals surface area contributed by atoms with Crippen LogP contribution in [0.4, 0.5) is 30.9 Å². The van der Waals surface area contributed by atoms with E-state index < -0.39 is 11.7 Å². The van der Waals surface area contributed by atoms with E-state index in [9.17, 15) is 13.2 Å². The minimum absolute atomic E-state index is 0.0639. The first kappa shape index (κ1) is 24.9. The maximum absolute atomic E-state index is 13.8. The highest BCUT2D eigenvalue weighted by Crippen LogP contribution is 2.37. The third-order valence-corrected chi connectivity index (χ3v) is 5.74. The normalized spacial score (nSPS) is 15.5. The number of nitrogens with zero attached hydrogens (tertiary/aromatic N) is 6. The standard InChI is InChI=1S/C22H32F3N7O/c1-4-7-31(8-6-15(3)5-2)20-28-19(29-21(30-20)32-9-11-33-12-10-32)16-14-27-18(26)13-17(16)22(23,24)25/h13-15H,4-12H2,1-3H3,(H2,26,27). The third-order valence-electron chi connectivity index (χ3n) is 5.74. The Labute approximate surface area is 192 Å². The summed E-state index contributed by atoms with van der Waals surface area (Å²) in [6, 6.07) is 0.819. The summed E-state index contributed by atoms with van der Waals surface area (Å²) in [5.74, 6) is 0.952. The molecule has 1 fully saturated rings. The van der Waals surface area contributed by atoms with Crippen molar-refractivity contribution in [3.05, 3.63) is 17.8 Å². The van der Waals surface area contributed by atoms with E-state index in [2.05, 4.69) is 33.8 Å². The summed E-state index contributed by atoms with van der Waals surface area (Å²) in [4.78, 5) is 21.4. The van der Waals surface area contributed by atoms with Crippen molar-refractivity contribution in [1.29, 1.82) is 0 Å². The molecule has 33 heavy (non-hydrogen) atoms. The van der Waals surface area contributed by atoms with Gasteiger partial charge in [0.2, 0.25) is 11.9 Å². The van der Waals surface area contributed by atoms with Crippen molar-refractivity contribution in [2.24, 2.45) is 5.92 Å². The summed E-state index contributed by atoms with van der Waals surface area (Å²) in [7, 11) is 0. The van der Waals surface area contributed by atoms with Gasteiger partial charge >= 0.3 is 6.18 Å². The number of pyridine rings is 1. The Balaban J connectivity index is 2.10. The molecule has 1 aliphatic heterocycles. The van der Waals surface area contributed by atoms with Gasteiger partial charge in [0.25, 0.3) is 0 Å². The molecule has 11 heteroatoms. The summed E-state index contributed by atoms with van der Waals surface area (Å²) in [6.07, 6.45) is -0.706. The molecule has 2 aromatic heterocycles. The average molecular weight is 468 g/mol. The molecule has 2 aromatic rings. The number of hydrogen-bond donors (Lipinski definition) is 1. The monoisotopic (exact) mass is 467 g/mol. The molecule has 2 N–H and O–H groups in total. The van der Waals surface area contributed by atoms with Gasteiger partial charge in [0.05, 0.1) is 24.3 Å². The molecule has 0 aliphatic carbocycles. The van der Waals surface area contributed by atoms with E-state index in [0.29, 0.717) is 57.2 Å². The number of nitrogen functional groups attached to an aromatic ring is 1. The zero-order valence-corrected chi connectivity index (χ0v) is 19.4. The van der Waals surface area contributed by atoms with Gasteiger partial charge in [-0.25, -0.2) is 4.98 Å². The number of ether oxygens (including phenoxy) is 1. The van der Waals surface area contributed by atoms with Crippen molar-refractivity contribution < 1.29 is 17.9 Å². The number of anilines is 3. The van der Waals surface area contributed by atoms with Gasteiger partial charge in [-0.05, 0) is 24.8 Å². The van der Waals surface area contributed by atoms with Gasteiger partial charge < -0.3 is 20.3 Å². The smallest absolute Gasteiger partial charge is 0.384 e. The highest BCUT2D eigenvalue weighted by atomic mass is 19.4. The van der Waals surface area contributed by atoms with Crippen LogP contribution in [0.15, 0.2) is 12.3 Å². The van der Waals surface area contributed by atoms with E-state index in [1.54, 1.807) is 0 Å². The topological polar surface area (TPSA) is 93.3 Å². The van der Waals surface area contributed by atoms with Crippen molar-refractivity contribution in [3.8, 4) is 11.4 Å². The lowest BCUT2D eigenvalue weighted by molar-refractivity contribution is -0.137. The fraction of sp³-hybridized carbons (Fsp3) is 0.636. The van der Waals surface area contributed by atoms with Crippen LogP contribution in [-0.4, -0.2) is 59.3 Å². The molecule has 0 bridgehead atoms. The van der Waals surface area contributed by atoms with Gasteiger partial charge in [-0.1, -0.05) is 27.2 Å². The van der Waals surface area contributed by atoms with Crippen molar-refractivity contribution in [3.63, 3.8) is 0 Å². The van der Waals surface area contributed by atoms with Crippen molar-refractivity contribution in [2.45, 2.75) is 46.2 Å². The summed E-state index contributed by atoms with van der Waals surface area (Å²) >= 11 is 0. The van der Waals surface area contributed by atoms with E-state index in [0.717, 1.165) is 31.5 Å². The molecule has 3 heterocycles. The first-order valence-electron chi connectivity index (χ1n) is 11.4. The van der Waals surface area contributed by atoms with E-state index in [1.165, 1.54) is 0 Å². The summed E-state index contributed by atoms with van der Waals surface area (Å²) in [5, 5.41) is 0. The Morgan fingerprint density at radius 3 is 2.52 bits per heavy atom. The van der Waals surface area contributed by atoms with Crippen LogP contribution < -0.4 is 15.5 Å². The first-order chi connectivity index (χ1) is 15.7.